The fourth-order valence-electron chi connectivity index (χ4n) is 1.63. The van der Waals surface area contributed by atoms with Crippen molar-refractivity contribution in [2.75, 3.05) is 11.9 Å². The minimum absolute atomic E-state index is 0.0513. The Hall–Kier alpha value is -1.90. The van der Waals surface area contributed by atoms with Crippen molar-refractivity contribution in [3.63, 3.8) is 0 Å². The van der Waals surface area contributed by atoms with Crippen LogP contribution in [0.2, 0.25) is 0 Å². The van der Waals surface area contributed by atoms with E-state index in [1.54, 1.807) is 6.07 Å². The van der Waals surface area contributed by atoms with Crippen LogP contribution in [0.3, 0.4) is 0 Å². The second-order valence-corrected chi connectivity index (χ2v) is 5.43. The maximum atomic E-state index is 11.0. The van der Waals surface area contributed by atoms with Gasteiger partial charge in [-0.1, -0.05) is 19.1 Å². The number of nitrogens with one attached hydrogen (secondary N) is 1. The highest BCUT2D eigenvalue weighted by atomic mass is 127. The molecular weight excluding hydrogens is 385 g/mol. The highest BCUT2D eigenvalue weighted by Crippen LogP contribution is 2.29. The van der Waals surface area contributed by atoms with Crippen LogP contribution >= 0.6 is 22.6 Å². The minimum atomic E-state index is -0.457. The largest absolute Gasteiger partial charge is 0.438 e. The molecule has 0 unspecified atom stereocenters. The molecular formula is C14H14IN3O3. The number of hydrogen-bond donors (Lipinski definition) is 1. The maximum Gasteiger partial charge on any atom is 0.278 e. The molecule has 2 aromatic rings. The predicted octanol–water partition coefficient (Wildman–Crippen LogP) is 4.21. The number of benzene rings is 1. The molecule has 110 valence electrons. The molecule has 0 saturated carbocycles. The number of rotatable bonds is 6. The number of hydrogen-bond acceptors (Lipinski definition) is 5. The van der Waals surface area contributed by atoms with Gasteiger partial charge in [-0.25, -0.2) is 0 Å². The molecule has 0 saturated heterocycles. The number of ether oxygens (including phenoxy) is 1. The Bertz CT molecular complexity index is 649. The van der Waals surface area contributed by atoms with Gasteiger partial charge >= 0.3 is 0 Å². The lowest BCUT2D eigenvalue weighted by Crippen LogP contribution is -2.04. The van der Waals surface area contributed by atoms with Gasteiger partial charge in [0.25, 0.3) is 5.69 Å². The fourth-order valence-corrected chi connectivity index (χ4v) is 2.13. The Morgan fingerprint density at radius 3 is 2.81 bits per heavy atom. The van der Waals surface area contributed by atoms with Crippen molar-refractivity contribution in [1.29, 1.82) is 0 Å². The SMILES string of the molecule is CCCNc1cc([N+](=O)[O-])cc(Oc2ccccc2I)n1. The normalized spacial score (nSPS) is 10.2. The van der Waals surface area contributed by atoms with Crippen molar-refractivity contribution >= 4 is 34.1 Å². The van der Waals surface area contributed by atoms with E-state index in [-0.39, 0.29) is 11.6 Å². The van der Waals surface area contributed by atoms with Gasteiger partial charge in [0.2, 0.25) is 5.88 Å². The van der Waals surface area contributed by atoms with Crippen LogP contribution in [0, 0.1) is 13.7 Å². The Kier molecular flexibility index (Phi) is 5.32. The summed E-state index contributed by atoms with van der Waals surface area (Å²) < 4.78 is 6.57. The first-order valence-electron chi connectivity index (χ1n) is 6.43. The van der Waals surface area contributed by atoms with E-state index in [0.29, 0.717) is 18.1 Å². The van der Waals surface area contributed by atoms with Crippen LogP contribution < -0.4 is 10.1 Å². The molecule has 21 heavy (non-hydrogen) atoms. The summed E-state index contributed by atoms with van der Waals surface area (Å²) in [5.41, 5.74) is -0.0513. The highest BCUT2D eigenvalue weighted by Gasteiger charge is 2.13. The Morgan fingerprint density at radius 2 is 2.14 bits per heavy atom. The average Bonchev–Trinajstić information content (AvgIpc) is 2.47. The third-order valence-electron chi connectivity index (χ3n) is 2.60. The monoisotopic (exact) mass is 399 g/mol. The van der Waals surface area contributed by atoms with Gasteiger partial charge in [-0.2, -0.15) is 4.98 Å². The molecule has 1 N–H and O–H groups in total. The van der Waals surface area contributed by atoms with Gasteiger partial charge in [0.1, 0.15) is 11.6 Å². The first kappa shape index (κ1) is 15.5. The van der Waals surface area contributed by atoms with Crippen LogP contribution in [0.25, 0.3) is 0 Å². The molecule has 0 aliphatic rings. The van der Waals surface area contributed by atoms with Gasteiger partial charge in [-0.3, -0.25) is 10.1 Å². The van der Waals surface area contributed by atoms with Crippen LogP contribution in [0.1, 0.15) is 13.3 Å². The van der Waals surface area contributed by atoms with E-state index < -0.39 is 4.92 Å². The van der Waals surface area contributed by atoms with Crippen LogP contribution in [0.4, 0.5) is 11.5 Å². The van der Waals surface area contributed by atoms with Crippen molar-refractivity contribution in [3.8, 4) is 11.6 Å². The Labute approximate surface area is 135 Å². The third-order valence-corrected chi connectivity index (χ3v) is 3.50. The number of nitro groups is 1. The van der Waals surface area contributed by atoms with Crippen molar-refractivity contribution in [2.45, 2.75) is 13.3 Å². The number of aromatic nitrogens is 1. The summed E-state index contributed by atoms with van der Waals surface area (Å²) in [6, 6.07) is 10.1. The van der Waals surface area contributed by atoms with Crippen LogP contribution in [0.5, 0.6) is 11.6 Å². The van der Waals surface area contributed by atoms with E-state index in [0.717, 1.165) is 9.99 Å². The predicted molar refractivity (Wildman–Crippen MR) is 88.9 cm³/mol. The van der Waals surface area contributed by atoms with Crippen LogP contribution in [-0.2, 0) is 0 Å². The van der Waals surface area contributed by atoms with Gasteiger partial charge in [0.15, 0.2) is 0 Å². The zero-order valence-electron chi connectivity index (χ0n) is 11.4. The van der Waals surface area contributed by atoms with E-state index in [2.05, 4.69) is 32.9 Å². The Balaban J connectivity index is 2.31. The molecule has 0 radical (unpaired) electrons. The van der Waals surface area contributed by atoms with E-state index in [1.165, 1.54) is 12.1 Å². The smallest absolute Gasteiger partial charge is 0.278 e. The van der Waals surface area contributed by atoms with Gasteiger partial charge < -0.3 is 10.1 Å². The van der Waals surface area contributed by atoms with Crippen molar-refractivity contribution < 1.29 is 9.66 Å². The van der Waals surface area contributed by atoms with Crippen molar-refractivity contribution in [2.24, 2.45) is 0 Å². The summed E-state index contributed by atoms with van der Waals surface area (Å²) in [6.07, 6.45) is 0.900. The highest BCUT2D eigenvalue weighted by molar-refractivity contribution is 14.1. The van der Waals surface area contributed by atoms with Crippen LogP contribution in [0.15, 0.2) is 36.4 Å². The maximum absolute atomic E-state index is 11.0. The molecule has 0 aliphatic carbocycles. The standard InChI is InChI=1S/C14H14IN3O3/c1-2-7-16-13-8-10(18(19)20)9-14(17-13)21-12-6-4-3-5-11(12)15/h3-6,8-9H,2,7H2,1H3,(H,16,17). The first-order chi connectivity index (χ1) is 10.1. The molecule has 7 heteroatoms. The number of anilines is 1. The summed E-state index contributed by atoms with van der Waals surface area (Å²) in [5.74, 6) is 1.26. The van der Waals surface area contributed by atoms with Gasteiger partial charge in [0, 0.05) is 6.54 Å². The van der Waals surface area contributed by atoms with Gasteiger partial charge in [-0.15, -0.1) is 0 Å². The summed E-state index contributed by atoms with van der Waals surface area (Å²) in [7, 11) is 0. The molecule has 0 amide bonds. The number of halogens is 1. The summed E-state index contributed by atoms with van der Waals surface area (Å²) in [4.78, 5) is 14.8. The lowest BCUT2D eigenvalue weighted by molar-refractivity contribution is -0.384. The number of pyridine rings is 1. The number of para-hydroxylation sites is 1. The average molecular weight is 399 g/mol. The molecule has 0 spiro atoms. The minimum Gasteiger partial charge on any atom is -0.438 e. The fraction of sp³-hybridized carbons (Fsp3) is 0.214. The second kappa shape index (κ2) is 7.21. The Morgan fingerprint density at radius 1 is 1.38 bits per heavy atom. The van der Waals surface area contributed by atoms with Crippen molar-refractivity contribution in [1.82, 2.24) is 4.98 Å². The van der Waals surface area contributed by atoms with Gasteiger partial charge in [0.05, 0.1) is 20.6 Å². The molecule has 1 aromatic heterocycles. The lowest BCUT2D eigenvalue weighted by Gasteiger charge is -2.09. The van der Waals surface area contributed by atoms with E-state index in [9.17, 15) is 10.1 Å². The number of nitrogens with zero attached hydrogens (tertiary/aromatic N) is 2. The van der Waals surface area contributed by atoms with E-state index in [4.69, 9.17) is 4.74 Å². The molecule has 1 aromatic carbocycles. The third kappa shape index (κ3) is 4.28. The molecule has 0 bridgehead atoms. The van der Waals surface area contributed by atoms with E-state index in [1.807, 2.05) is 25.1 Å². The quantitative estimate of drug-likeness (QED) is 0.448. The summed E-state index contributed by atoms with van der Waals surface area (Å²) in [6.45, 7) is 2.70. The topological polar surface area (TPSA) is 77.3 Å². The molecule has 2 rings (SSSR count). The summed E-state index contributed by atoms with van der Waals surface area (Å²) in [5, 5.41) is 14.0. The van der Waals surface area contributed by atoms with Crippen LogP contribution in [-0.4, -0.2) is 16.5 Å². The lowest BCUT2D eigenvalue weighted by atomic mass is 10.3. The van der Waals surface area contributed by atoms with Crippen molar-refractivity contribution in [3.05, 3.63) is 50.1 Å². The molecule has 1 heterocycles. The zero-order valence-corrected chi connectivity index (χ0v) is 13.5. The van der Waals surface area contributed by atoms with Gasteiger partial charge in [-0.05, 0) is 41.1 Å². The zero-order chi connectivity index (χ0) is 15.2. The molecule has 6 nitrogen and oxygen atoms in total. The molecule has 0 aliphatic heterocycles. The van der Waals surface area contributed by atoms with E-state index >= 15 is 0 Å². The summed E-state index contributed by atoms with van der Waals surface area (Å²) >= 11 is 2.14. The molecule has 0 atom stereocenters. The second-order valence-electron chi connectivity index (χ2n) is 4.27. The first-order valence-corrected chi connectivity index (χ1v) is 7.50. The molecule has 0 fully saturated rings.